The number of aliphatic carboxylic acids is 1. The van der Waals surface area contributed by atoms with Gasteiger partial charge in [-0.2, -0.15) is 4.72 Å². The van der Waals surface area contributed by atoms with Crippen molar-refractivity contribution in [2.24, 2.45) is 5.73 Å². The number of rotatable bonds is 6. The predicted octanol–water partition coefficient (Wildman–Crippen LogP) is 1.11. The highest BCUT2D eigenvalue weighted by Crippen LogP contribution is 2.26. The van der Waals surface area contributed by atoms with E-state index < -0.39 is 33.4 Å². The van der Waals surface area contributed by atoms with Gasteiger partial charge in [-0.05, 0) is 48.5 Å². The zero-order valence-corrected chi connectivity index (χ0v) is 15.1. The minimum Gasteiger partial charge on any atom is -0.480 e. The van der Waals surface area contributed by atoms with Gasteiger partial charge in [-0.1, -0.05) is 0 Å². The molecule has 28 heavy (non-hydrogen) atoms. The molecule has 11 heteroatoms. The summed E-state index contributed by atoms with van der Waals surface area (Å²) in [6.07, 6.45) is 0. The van der Waals surface area contributed by atoms with Crippen LogP contribution in [0.4, 0.5) is 9.18 Å². The van der Waals surface area contributed by atoms with Crippen LogP contribution in [0.3, 0.4) is 0 Å². The fourth-order valence-electron chi connectivity index (χ4n) is 2.65. The minimum absolute atomic E-state index is 0.183. The summed E-state index contributed by atoms with van der Waals surface area (Å²) in [5.74, 6) is -1.16. The van der Waals surface area contributed by atoms with E-state index >= 15 is 0 Å². The maximum Gasteiger partial charge on any atom is 0.328 e. The number of hydrogen-bond acceptors (Lipinski definition) is 5. The second kappa shape index (κ2) is 7.09. The topological polar surface area (TPSA) is 139 Å². The normalized spacial score (nSPS) is 15.5. The van der Waals surface area contributed by atoms with Gasteiger partial charge in [-0.25, -0.2) is 17.6 Å². The lowest BCUT2D eigenvalue weighted by molar-refractivity contribution is -0.149. The molecule has 1 aliphatic rings. The van der Waals surface area contributed by atoms with Gasteiger partial charge >= 0.3 is 12.0 Å². The Labute approximate surface area is 159 Å². The fraction of sp³-hybridized carbons (Fsp3) is 0.176. The molecule has 0 radical (unpaired) electrons. The lowest BCUT2D eigenvalue weighted by atomic mass is 9.92. The van der Waals surface area contributed by atoms with Gasteiger partial charge in [0.05, 0.1) is 18.0 Å². The molecular weight excluding hydrogens is 393 g/mol. The Bertz CT molecular complexity index is 1000. The Morgan fingerprint density at radius 2 is 1.57 bits per heavy atom. The number of nitrogens with zero attached hydrogens (tertiary/aromatic N) is 1. The van der Waals surface area contributed by atoms with Crippen LogP contribution >= 0.6 is 0 Å². The number of nitrogens with two attached hydrogens (primary N) is 1. The number of ether oxygens (including phenoxy) is 1. The lowest BCUT2D eigenvalue weighted by Gasteiger charge is -2.45. The molecule has 1 heterocycles. The molecule has 0 bridgehead atoms. The number of nitrogens with one attached hydrogen (secondary N) is 1. The lowest BCUT2D eigenvalue weighted by Crippen LogP contribution is -2.75. The molecular formula is C17H16FN3O6S. The number of urea groups is 1. The first kappa shape index (κ1) is 19.6. The van der Waals surface area contributed by atoms with Crippen LogP contribution in [0.25, 0.3) is 0 Å². The molecule has 0 saturated carbocycles. The zero-order chi connectivity index (χ0) is 20.5. The van der Waals surface area contributed by atoms with Crippen LogP contribution in [0, 0.1) is 5.82 Å². The Kier molecular flexibility index (Phi) is 4.96. The molecule has 1 saturated heterocycles. The number of carboxylic acids is 1. The number of amides is 2. The smallest absolute Gasteiger partial charge is 0.328 e. The molecule has 2 amide bonds. The van der Waals surface area contributed by atoms with Crippen molar-refractivity contribution in [1.82, 2.24) is 9.62 Å². The first-order valence-electron chi connectivity index (χ1n) is 7.97. The van der Waals surface area contributed by atoms with E-state index in [2.05, 4.69) is 4.72 Å². The third-order valence-corrected chi connectivity index (χ3v) is 5.71. The average molecular weight is 409 g/mol. The van der Waals surface area contributed by atoms with Crippen molar-refractivity contribution < 1.29 is 32.2 Å². The molecule has 1 aliphatic heterocycles. The van der Waals surface area contributed by atoms with Crippen LogP contribution in [0.2, 0.25) is 0 Å². The number of carboxylic acid groups (broad SMARTS) is 1. The molecule has 0 atom stereocenters. The van der Waals surface area contributed by atoms with Gasteiger partial charge in [0.2, 0.25) is 10.0 Å². The number of sulfonamides is 1. The van der Waals surface area contributed by atoms with Crippen LogP contribution in [0.15, 0.2) is 53.4 Å². The van der Waals surface area contributed by atoms with Crippen LogP contribution in [0.5, 0.6) is 11.5 Å². The van der Waals surface area contributed by atoms with E-state index in [1.54, 1.807) is 0 Å². The van der Waals surface area contributed by atoms with E-state index in [4.69, 9.17) is 10.5 Å². The Morgan fingerprint density at radius 1 is 1.07 bits per heavy atom. The largest absolute Gasteiger partial charge is 0.480 e. The van der Waals surface area contributed by atoms with E-state index in [1.807, 2.05) is 0 Å². The minimum atomic E-state index is -4.18. The van der Waals surface area contributed by atoms with Crippen molar-refractivity contribution in [1.29, 1.82) is 0 Å². The second-order valence-corrected chi connectivity index (χ2v) is 7.90. The number of primary amides is 1. The SMILES string of the molecule is NC(=O)N1CC(NS(=O)(=O)c2ccc(Oc3ccc(F)cc3)cc2)(C(=O)O)C1. The summed E-state index contributed by atoms with van der Waals surface area (Å²) in [5.41, 5.74) is 3.23. The van der Waals surface area contributed by atoms with Crippen molar-refractivity contribution in [3.05, 3.63) is 54.3 Å². The van der Waals surface area contributed by atoms with E-state index in [-0.39, 0.29) is 18.0 Å². The highest BCUT2D eigenvalue weighted by molar-refractivity contribution is 7.89. The molecule has 0 aliphatic carbocycles. The molecule has 0 spiro atoms. The molecule has 0 aromatic heterocycles. The number of halogens is 1. The first-order chi connectivity index (χ1) is 13.1. The van der Waals surface area contributed by atoms with Gasteiger partial charge in [0.1, 0.15) is 17.3 Å². The zero-order valence-electron chi connectivity index (χ0n) is 14.3. The van der Waals surface area contributed by atoms with Crippen molar-refractivity contribution >= 4 is 22.0 Å². The molecule has 0 unspecified atom stereocenters. The molecule has 2 aromatic carbocycles. The highest BCUT2D eigenvalue weighted by atomic mass is 32.2. The summed E-state index contributed by atoms with van der Waals surface area (Å²) in [4.78, 5) is 23.4. The third kappa shape index (κ3) is 3.89. The van der Waals surface area contributed by atoms with Crippen LogP contribution in [-0.2, 0) is 14.8 Å². The van der Waals surface area contributed by atoms with Gasteiger partial charge in [0.15, 0.2) is 5.54 Å². The third-order valence-electron chi connectivity index (χ3n) is 4.16. The number of hydrogen-bond donors (Lipinski definition) is 3. The molecule has 9 nitrogen and oxygen atoms in total. The quantitative estimate of drug-likeness (QED) is 0.653. The summed E-state index contributed by atoms with van der Waals surface area (Å²) in [7, 11) is -4.18. The van der Waals surface area contributed by atoms with E-state index in [0.29, 0.717) is 11.5 Å². The van der Waals surface area contributed by atoms with Crippen LogP contribution < -0.4 is 15.2 Å². The number of carbonyl (C=O) groups excluding carboxylic acids is 1. The van der Waals surface area contributed by atoms with Gasteiger partial charge in [0.25, 0.3) is 0 Å². The summed E-state index contributed by atoms with van der Waals surface area (Å²) in [6, 6.07) is 9.66. The maximum atomic E-state index is 12.9. The summed E-state index contributed by atoms with van der Waals surface area (Å²) < 4.78 is 45.6. The van der Waals surface area contributed by atoms with Crippen LogP contribution in [0.1, 0.15) is 0 Å². The molecule has 1 fully saturated rings. The second-order valence-electron chi connectivity index (χ2n) is 6.21. The number of likely N-dealkylation sites (tertiary alicyclic amines) is 1. The summed E-state index contributed by atoms with van der Waals surface area (Å²) in [6.45, 7) is -0.745. The number of benzene rings is 2. The maximum absolute atomic E-state index is 12.9. The monoisotopic (exact) mass is 409 g/mol. The van der Waals surface area contributed by atoms with E-state index in [1.165, 1.54) is 48.5 Å². The highest BCUT2D eigenvalue weighted by Gasteiger charge is 2.53. The Morgan fingerprint density at radius 3 is 2.04 bits per heavy atom. The molecule has 3 rings (SSSR count). The van der Waals surface area contributed by atoms with E-state index in [9.17, 15) is 27.5 Å². The molecule has 4 N–H and O–H groups in total. The van der Waals surface area contributed by atoms with Crippen molar-refractivity contribution in [2.45, 2.75) is 10.4 Å². The Balaban J connectivity index is 1.74. The first-order valence-corrected chi connectivity index (χ1v) is 9.45. The standard InChI is InChI=1S/C17H16FN3O6S/c18-11-1-3-12(4-2-11)27-13-5-7-14(8-6-13)28(25,26)20-17(15(22)23)9-21(10-17)16(19)24/h1-8,20H,9-10H2,(H2,19,24)(H,22,23). The molecule has 148 valence electrons. The van der Waals surface area contributed by atoms with Gasteiger partial charge in [-0.15, -0.1) is 0 Å². The predicted molar refractivity (Wildman–Crippen MR) is 94.8 cm³/mol. The summed E-state index contributed by atoms with van der Waals surface area (Å²) in [5, 5.41) is 9.37. The number of carbonyl (C=O) groups is 2. The van der Waals surface area contributed by atoms with Gasteiger partial charge < -0.3 is 20.5 Å². The van der Waals surface area contributed by atoms with Crippen LogP contribution in [-0.4, -0.2) is 49.1 Å². The van der Waals surface area contributed by atoms with Gasteiger partial charge in [0, 0.05) is 0 Å². The summed E-state index contributed by atoms with van der Waals surface area (Å²) >= 11 is 0. The van der Waals surface area contributed by atoms with Crippen molar-refractivity contribution in [3.63, 3.8) is 0 Å². The van der Waals surface area contributed by atoms with Crippen molar-refractivity contribution in [2.75, 3.05) is 13.1 Å². The average Bonchev–Trinajstić information content (AvgIpc) is 2.59. The van der Waals surface area contributed by atoms with E-state index in [0.717, 1.165) is 4.90 Å². The Hall–Kier alpha value is -3.18. The molecule has 2 aromatic rings. The fourth-order valence-corrected chi connectivity index (χ4v) is 3.99. The van der Waals surface area contributed by atoms with Gasteiger partial charge in [-0.3, -0.25) is 4.79 Å². The van der Waals surface area contributed by atoms with Crippen molar-refractivity contribution in [3.8, 4) is 11.5 Å².